The quantitative estimate of drug-likeness (QED) is 0.421. The minimum atomic E-state index is -0.217. The molecule has 0 radical (unpaired) electrons. The molecule has 0 heterocycles. The van der Waals surface area contributed by atoms with E-state index in [1.165, 1.54) is 6.92 Å². The third-order valence-corrected chi connectivity index (χ3v) is 3.12. The molecule has 1 rings (SSSR count). The van der Waals surface area contributed by atoms with E-state index < -0.39 is 0 Å². The van der Waals surface area contributed by atoms with Gasteiger partial charge in [-0.2, -0.15) is 5.26 Å². The van der Waals surface area contributed by atoms with Gasteiger partial charge in [0.15, 0.2) is 5.78 Å². The van der Waals surface area contributed by atoms with Crippen molar-refractivity contribution in [2.75, 3.05) is 0 Å². The number of carbonyl (C=O) groups is 1. The molecule has 0 aliphatic heterocycles. The Morgan fingerprint density at radius 3 is 2.57 bits per heavy atom. The van der Waals surface area contributed by atoms with Crippen LogP contribution in [0.15, 0.2) is 5.16 Å². The van der Waals surface area contributed by atoms with E-state index in [9.17, 15) is 4.79 Å². The zero-order valence-corrected chi connectivity index (χ0v) is 8.61. The van der Waals surface area contributed by atoms with Crippen LogP contribution in [0.5, 0.6) is 0 Å². The summed E-state index contributed by atoms with van der Waals surface area (Å²) in [5.41, 5.74) is 0.110. The molecule has 2 atom stereocenters. The second kappa shape index (κ2) is 3.41. The maximum atomic E-state index is 11.1. The Labute approximate surface area is 83.2 Å². The van der Waals surface area contributed by atoms with Crippen LogP contribution in [0.2, 0.25) is 0 Å². The number of rotatable bonds is 3. The van der Waals surface area contributed by atoms with Crippen molar-refractivity contribution in [1.82, 2.24) is 0 Å². The normalized spacial score (nSPS) is 29.4. The van der Waals surface area contributed by atoms with Gasteiger partial charge < -0.3 is 5.21 Å². The fourth-order valence-corrected chi connectivity index (χ4v) is 2.12. The third kappa shape index (κ3) is 1.50. The SMILES string of the molecule is CC(=O)/C(=N\O)[C@@H]1[C@H](CC#N)C1(C)C. The van der Waals surface area contributed by atoms with E-state index >= 15 is 0 Å². The van der Waals surface area contributed by atoms with Crippen molar-refractivity contribution in [2.45, 2.75) is 27.2 Å². The lowest BCUT2D eigenvalue weighted by Gasteiger charge is -2.01. The zero-order chi connectivity index (χ0) is 10.9. The number of ketones is 1. The van der Waals surface area contributed by atoms with E-state index in [1.807, 2.05) is 13.8 Å². The van der Waals surface area contributed by atoms with Crippen LogP contribution in [0, 0.1) is 28.6 Å². The van der Waals surface area contributed by atoms with E-state index in [1.54, 1.807) is 0 Å². The summed E-state index contributed by atoms with van der Waals surface area (Å²) in [5, 5.41) is 20.3. The van der Waals surface area contributed by atoms with Crippen molar-refractivity contribution in [2.24, 2.45) is 22.4 Å². The Morgan fingerprint density at radius 2 is 2.21 bits per heavy atom. The number of carbonyl (C=O) groups excluding carboxylic acids is 1. The van der Waals surface area contributed by atoms with Crippen LogP contribution in [0.25, 0.3) is 0 Å². The number of hydrogen-bond donors (Lipinski definition) is 1. The predicted octanol–water partition coefficient (Wildman–Crippen LogP) is 1.59. The largest absolute Gasteiger partial charge is 0.411 e. The maximum Gasteiger partial charge on any atom is 0.177 e. The van der Waals surface area contributed by atoms with E-state index in [2.05, 4.69) is 11.2 Å². The van der Waals surface area contributed by atoms with Gasteiger partial charge in [0.2, 0.25) is 0 Å². The van der Waals surface area contributed by atoms with Crippen molar-refractivity contribution in [3.8, 4) is 6.07 Å². The van der Waals surface area contributed by atoms with Gasteiger partial charge >= 0.3 is 0 Å². The van der Waals surface area contributed by atoms with Crippen LogP contribution in [0.4, 0.5) is 0 Å². The van der Waals surface area contributed by atoms with Gasteiger partial charge in [-0.3, -0.25) is 4.79 Å². The van der Waals surface area contributed by atoms with Crippen LogP contribution in [-0.2, 0) is 4.79 Å². The molecule has 1 aliphatic rings. The van der Waals surface area contributed by atoms with Gasteiger partial charge in [-0.1, -0.05) is 19.0 Å². The lowest BCUT2D eigenvalue weighted by Crippen LogP contribution is -2.15. The molecule has 76 valence electrons. The molecule has 0 unspecified atom stereocenters. The van der Waals surface area contributed by atoms with E-state index in [-0.39, 0.29) is 28.7 Å². The fourth-order valence-electron chi connectivity index (χ4n) is 2.12. The Morgan fingerprint density at radius 1 is 1.64 bits per heavy atom. The summed E-state index contributed by atoms with van der Waals surface area (Å²) in [6.45, 7) is 5.34. The summed E-state index contributed by atoms with van der Waals surface area (Å²) < 4.78 is 0. The molecule has 1 saturated carbocycles. The van der Waals surface area contributed by atoms with Crippen molar-refractivity contribution in [3.63, 3.8) is 0 Å². The van der Waals surface area contributed by atoms with Gasteiger partial charge in [0.05, 0.1) is 6.07 Å². The highest BCUT2D eigenvalue weighted by Crippen LogP contribution is 2.60. The van der Waals surface area contributed by atoms with Gasteiger partial charge in [-0.05, 0) is 11.3 Å². The highest BCUT2D eigenvalue weighted by atomic mass is 16.4. The van der Waals surface area contributed by atoms with Gasteiger partial charge in [0.25, 0.3) is 0 Å². The molecule has 14 heavy (non-hydrogen) atoms. The molecule has 0 saturated heterocycles. The molecular formula is C10H14N2O2. The van der Waals surface area contributed by atoms with Crippen molar-refractivity contribution in [1.29, 1.82) is 5.26 Å². The van der Waals surface area contributed by atoms with Crippen molar-refractivity contribution in [3.05, 3.63) is 0 Å². The molecule has 4 heteroatoms. The number of hydrogen-bond acceptors (Lipinski definition) is 4. The lowest BCUT2D eigenvalue weighted by molar-refractivity contribution is -0.111. The first-order chi connectivity index (χ1) is 6.46. The maximum absolute atomic E-state index is 11.1. The number of nitrogens with zero attached hydrogens (tertiary/aromatic N) is 2. The first kappa shape index (κ1) is 10.7. The first-order valence-electron chi connectivity index (χ1n) is 4.56. The molecule has 4 nitrogen and oxygen atoms in total. The first-order valence-corrected chi connectivity index (χ1v) is 4.56. The van der Waals surface area contributed by atoms with Gasteiger partial charge in [0, 0.05) is 19.3 Å². The summed E-state index contributed by atoms with van der Waals surface area (Å²) in [7, 11) is 0. The second-order valence-electron chi connectivity index (χ2n) is 4.31. The number of Topliss-reactive ketones (excluding diaryl/α,β-unsaturated/α-hetero) is 1. The average molecular weight is 194 g/mol. The minimum Gasteiger partial charge on any atom is -0.411 e. The predicted molar refractivity (Wildman–Crippen MR) is 50.9 cm³/mol. The summed E-state index contributed by atoms with van der Waals surface area (Å²) in [6.07, 6.45) is 0.407. The molecule has 0 amide bonds. The Bertz CT molecular complexity index is 326. The molecule has 0 spiro atoms. The molecule has 0 aromatic rings. The summed E-state index contributed by atoms with van der Waals surface area (Å²) in [6, 6.07) is 2.09. The lowest BCUT2D eigenvalue weighted by atomic mass is 10.0. The molecule has 1 aliphatic carbocycles. The zero-order valence-electron chi connectivity index (χ0n) is 8.61. The van der Waals surface area contributed by atoms with E-state index in [0.717, 1.165) is 0 Å². The van der Waals surface area contributed by atoms with E-state index in [4.69, 9.17) is 10.5 Å². The topological polar surface area (TPSA) is 73.4 Å². The van der Waals surface area contributed by atoms with Crippen molar-refractivity contribution >= 4 is 11.5 Å². The summed E-state index contributed by atoms with van der Waals surface area (Å²) >= 11 is 0. The molecule has 0 bridgehead atoms. The number of oxime groups is 1. The average Bonchev–Trinajstić information content (AvgIpc) is 2.58. The van der Waals surface area contributed by atoms with Crippen LogP contribution in [0.3, 0.4) is 0 Å². The van der Waals surface area contributed by atoms with Crippen LogP contribution < -0.4 is 0 Å². The standard InChI is InChI=1S/C10H14N2O2/c1-6(13)9(12-14)8-7(4-5-11)10(8,2)3/h7-8,14H,4H2,1-3H3/b12-9+/t7-,8-/m0/s1. The molecule has 1 fully saturated rings. The fraction of sp³-hybridized carbons (Fsp3) is 0.700. The second-order valence-corrected chi connectivity index (χ2v) is 4.31. The monoisotopic (exact) mass is 194 g/mol. The Hall–Kier alpha value is -1.37. The van der Waals surface area contributed by atoms with Gasteiger partial charge in [0.1, 0.15) is 5.71 Å². The minimum absolute atomic E-state index is 0.0651. The summed E-state index contributed by atoms with van der Waals surface area (Å²) in [5.74, 6) is -0.141. The smallest absolute Gasteiger partial charge is 0.177 e. The van der Waals surface area contributed by atoms with Crippen LogP contribution in [0.1, 0.15) is 27.2 Å². The molecule has 0 aromatic heterocycles. The number of nitriles is 1. The van der Waals surface area contributed by atoms with Crippen molar-refractivity contribution < 1.29 is 10.0 Å². The summed E-state index contributed by atoms with van der Waals surface area (Å²) in [4.78, 5) is 11.1. The van der Waals surface area contributed by atoms with Crippen LogP contribution >= 0.6 is 0 Å². The molecule has 0 aromatic carbocycles. The van der Waals surface area contributed by atoms with Gasteiger partial charge in [-0.25, -0.2) is 0 Å². The van der Waals surface area contributed by atoms with Gasteiger partial charge in [-0.15, -0.1) is 0 Å². The highest BCUT2D eigenvalue weighted by molar-refractivity contribution is 6.40. The van der Waals surface area contributed by atoms with E-state index in [0.29, 0.717) is 6.42 Å². The highest BCUT2D eigenvalue weighted by Gasteiger charge is 2.60. The molecular weight excluding hydrogens is 180 g/mol. The third-order valence-electron chi connectivity index (χ3n) is 3.12. The Balaban J connectivity index is 2.83. The molecule has 1 N–H and O–H groups in total. The Kier molecular flexibility index (Phi) is 2.61. The van der Waals surface area contributed by atoms with Crippen LogP contribution in [-0.4, -0.2) is 16.7 Å².